The first-order chi connectivity index (χ1) is 13.7. The van der Waals surface area contributed by atoms with Crippen LogP contribution in [0.15, 0.2) is 36.7 Å². The van der Waals surface area contributed by atoms with Gasteiger partial charge in [0.25, 0.3) is 0 Å². The van der Waals surface area contributed by atoms with E-state index in [4.69, 9.17) is 15.5 Å². The molecular weight excluding hydrogens is 356 g/mol. The van der Waals surface area contributed by atoms with Gasteiger partial charge in [0.05, 0.1) is 7.11 Å². The maximum absolute atomic E-state index is 6.17. The number of piperidine rings is 1. The average molecular weight is 376 g/mol. The van der Waals surface area contributed by atoms with Gasteiger partial charge < -0.3 is 15.4 Å². The standard InChI is InChI=1S/C19H20N8O/c1-28-14-7-2-6-13-15(14)23-18(20)27-17(13)24-16(25-27)12-5-3-10-26(11-12)19-21-8-4-9-22-19/h2,4,6-9,12H,3,5,10-11H2,1H3,(H2,20,23)/t12-/m1/s1. The van der Waals surface area contributed by atoms with Gasteiger partial charge in [-0.1, -0.05) is 6.07 Å². The number of rotatable bonds is 3. The van der Waals surface area contributed by atoms with Gasteiger partial charge in [-0.2, -0.15) is 4.52 Å². The molecule has 9 nitrogen and oxygen atoms in total. The molecule has 9 heteroatoms. The normalized spacial score (nSPS) is 17.3. The van der Waals surface area contributed by atoms with Gasteiger partial charge in [-0.25, -0.2) is 19.9 Å². The van der Waals surface area contributed by atoms with Gasteiger partial charge in [0.2, 0.25) is 11.9 Å². The predicted octanol–water partition coefficient (Wildman–Crippen LogP) is 2.04. The molecule has 0 unspecified atom stereocenters. The van der Waals surface area contributed by atoms with Crippen molar-refractivity contribution in [3.8, 4) is 5.75 Å². The van der Waals surface area contributed by atoms with Crippen LogP contribution >= 0.6 is 0 Å². The number of para-hydroxylation sites is 1. The van der Waals surface area contributed by atoms with Crippen LogP contribution in [0.1, 0.15) is 24.6 Å². The summed E-state index contributed by atoms with van der Waals surface area (Å²) in [5, 5.41) is 5.55. The summed E-state index contributed by atoms with van der Waals surface area (Å²) in [5.74, 6) is 2.65. The fraction of sp³-hybridized carbons (Fsp3) is 0.316. The summed E-state index contributed by atoms with van der Waals surface area (Å²) in [7, 11) is 1.62. The Labute approximate surface area is 161 Å². The van der Waals surface area contributed by atoms with Gasteiger partial charge in [0, 0.05) is 36.8 Å². The SMILES string of the molecule is COc1cccc2c1nc(N)n1nc([C@@H]3CCCN(c4ncccn4)C3)nc21. The predicted molar refractivity (Wildman–Crippen MR) is 105 cm³/mol. The smallest absolute Gasteiger partial charge is 0.225 e. The lowest BCUT2D eigenvalue weighted by atomic mass is 9.98. The largest absolute Gasteiger partial charge is 0.494 e. The highest BCUT2D eigenvalue weighted by Crippen LogP contribution is 2.31. The molecule has 0 aliphatic carbocycles. The Morgan fingerprint density at radius 2 is 2.00 bits per heavy atom. The first-order valence-electron chi connectivity index (χ1n) is 9.25. The van der Waals surface area contributed by atoms with Crippen LogP contribution in [0.2, 0.25) is 0 Å². The number of hydrogen-bond acceptors (Lipinski definition) is 8. The molecule has 28 heavy (non-hydrogen) atoms. The second-order valence-corrected chi connectivity index (χ2v) is 6.87. The highest BCUT2D eigenvalue weighted by molar-refractivity contribution is 5.95. The minimum atomic E-state index is 0.178. The Balaban J connectivity index is 1.56. The second-order valence-electron chi connectivity index (χ2n) is 6.87. The Bertz CT molecular complexity index is 1140. The number of anilines is 2. The number of hydrogen-bond donors (Lipinski definition) is 1. The summed E-state index contributed by atoms with van der Waals surface area (Å²) < 4.78 is 7.04. The van der Waals surface area contributed by atoms with E-state index in [1.807, 2.05) is 24.3 Å². The zero-order chi connectivity index (χ0) is 19.1. The van der Waals surface area contributed by atoms with E-state index in [1.165, 1.54) is 0 Å². The molecule has 4 heterocycles. The summed E-state index contributed by atoms with van der Waals surface area (Å²) in [6.45, 7) is 1.70. The summed E-state index contributed by atoms with van der Waals surface area (Å²) in [6, 6.07) is 7.57. The fourth-order valence-corrected chi connectivity index (χ4v) is 3.80. The molecule has 1 aliphatic rings. The molecule has 0 spiro atoms. The molecule has 0 saturated carbocycles. The number of nitrogens with two attached hydrogens (primary N) is 1. The van der Waals surface area contributed by atoms with Crippen molar-refractivity contribution < 1.29 is 4.74 Å². The average Bonchev–Trinajstić information content (AvgIpc) is 3.21. The highest BCUT2D eigenvalue weighted by atomic mass is 16.5. The number of ether oxygens (including phenoxy) is 1. The lowest BCUT2D eigenvalue weighted by molar-refractivity contribution is 0.419. The molecule has 142 valence electrons. The van der Waals surface area contributed by atoms with Crippen molar-refractivity contribution in [1.82, 2.24) is 29.5 Å². The Hall–Kier alpha value is -3.49. The molecule has 2 N–H and O–H groups in total. The first kappa shape index (κ1) is 16.7. The van der Waals surface area contributed by atoms with Crippen LogP contribution in [-0.4, -0.2) is 49.7 Å². The summed E-state index contributed by atoms with van der Waals surface area (Å²) >= 11 is 0. The van der Waals surface area contributed by atoms with E-state index in [-0.39, 0.29) is 5.92 Å². The minimum absolute atomic E-state index is 0.178. The third-order valence-corrected chi connectivity index (χ3v) is 5.15. The van der Waals surface area contributed by atoms with Crippen molar-refractivity contribution in [3.05, 3.63) is 42.5 Å². The van der Waals surface area contributed by atoms with Gasteiger partial charge in [0.15, 0.2) is 11.5 Å². The molecule has 1 aromatic carbocycles. The first-order valence-corrected chi connectivity index (χ1v) is 9.25. The van der Waals surface area contributed by atoms with Crippen LogP contribution in [0.4, 0.5) is 11.9 Å². The van der Waals surface area contributed by atoms with Crippen molar-refractivity contribution in [3.63, 3.8) is 0 Å². The maximum atomic E-state index is 6.17. The summed E-state index contributed by atoms with van der Waals surface area (Å²) in [6.07, 6.45) is 5.57. The van der Waals surface area contributed by atoms with Gasteiger partial charge in [-0.05, 0) is 31.0 Å². The zero-order valence-electron chi connectivity index (χ0n) is 15.5. The number of nitrogen functional groups attached to an aromatic ring is 1. The third-order valence-electron chi connectivity index (χ3n) is 5.15. The van der Waals surface area contributed by atoms with Gasteiger partial charge in [0.1, 0.15) is 11.3 Å². The molecule has 5 rings (SSSR count). The summed E-state index contributed by atoms with van der Waals surface area (Å²) in [4.78, 5) is 20.2. The third kappa shape index (κ3) is 2.67. The van der Waals surface area contributed by atoms with E-state index in [1.54, 1.807) is 24.0 Å². The molecule has 1 fully saturated rings. The molecular formula is C19H20N8O. The van der Waals surface area contributed by atoms with Gasteiger partial charge in [-0.3, -0.25) is 0 Å². The van der Waals surface area contributed by atoms with E-state index in [2.05, 4.69) is 25.0 Å². The fourth-order valence-electron chi connectivity index (χ4n) is 3.80. The van der Waals surface area contributed by atoms with Crippen molar-refractivity contribution in [1.29, 1.82) is 0 Å². The molecule has 0 bridgehead atoms. The Morgan fingerprint density at radius 1 is 1.14 bits per heavy atom. The van der Waals surface area contributed by atoms with Crippen molar-refractivity contribution in [2.75, 3.05) is 30.8 Å². The van der Waals surface area contributed by atoms with E-state index in [9.17, 15) is 0 Å². The molecule has 1 atom stereocenters. The van der Waals surface area contributed by atoms with Crippen LogP contribution < -0.4 is 15.4 Å². The van der Waals surface area contributed by atoms with E-state index >= 15 is 0 Å². The number of methoxy groups -OCH3 is 1. The van der Waals surface area contributed by atoms with Crippen LogP contribution in [0.3, 0.4) is 0 Å². The van der Waals surface area contributed by atoms with Crippen molar-refractivity contribution in [2.24, 2.45) is 0 Å². The van der Waals surface area contributed by atoms with Gasteiger partial charge in [-0.15, -0.1) is 5.10 Å². The Kier molecular flexibility index (Phi) is 3.92. The number of benzene rings is 1. The van der Waals surface area contributed by atoms with Crippen molar-refractivity contribution in [2.45, 2.75) is 18.8 Å². The topological polar surface area (TPSA) is 107 Å². The minimum Gasteiger partial charge on any atom is -0.494 e. The second kappa shape index (κ2) is 6.59. The van der Waals surface area contributed by atoms with E-state index in [0.717, 1.165) is 43.1 Å². The molecule has 0 amide bonds. The molecule has 1 aliphatic heterocycles. The van der Waals surface area contributed by atoms with Crippen LogP contribution in [0.5, 0.6) is 5.75 Å². The molecule has 0 radical (unpaired) electrons. The quantitative estimate of drug-likeness (QED) is 0.579. The lowest BCUT2D eigenvalue weighted by Crippen LogP contribution is -2.35. The monoisotopic (exact) mass is 376 g/mol. The molecule has 4 aromatic rings. The molecule has 3 aromatic heterocycles. The van der Waals surface area contributed by atoms with Crippen molar-refractivity contribution >= 4 is 28.4 Å². The highest BCUT2D eigenvalue weighted by Gasteiger charge is 2.27. The molecule has 1 saturated heterocycles. The Morgan fingerprint density at radius 3 is 2.82 bits per heavy atom. The van der Waals surface area contributed by atoms with Gasteiger partial charge >= 0.3 is 0 Å². The number of nitrogens with zero attached hydrogens (tertiary/aromatic N) is 7. The van der Waals surface area contributed by atoms with E-state index in [0.29, 0.717) is 22.9 Å². The maximum Gasteiger partial charge on any atom is 0.225 e. The number of aromatic nitrogens is 6. The summed E-state index contributed by atoms with van der Waals surface area (Å²) in [5.41, 5.74) is 7.56. The zero-order valence-corrected chi connectivity index (χ0v) is 15.5. The van der Waals surface area contributed by atoms with Crippen LogP contribution in [0.25, 0.3) is 16.6 Å². The van der Waals surface area contributed by atoms with Crippen LogP contribution in [0, 0.1) is 0 Å². The van der Waals surface area contributed by atoms with Crippen LogP contribution in [-0.2, 0) is 0 Å². The number of fused-ring (bicyclic) bond motifs is 3. The van der Waals surface area contributed by atoms with E-state index < -0.39 is 0 Å². The lowest BCUT2D eigenvalue weighted by Gasteiger charge is -2.31.